The fourth-order valence-corrected chi connectivity index (χ4v) is 0.714. The maximum atomic E-state index is 10.5. The van der Waals surface area contributed by atoms with Crippen LogP contribution in [0.5, 0.6) is 0 Å². The molecule has 0 radical (unpaired) electrons. The SMILES string of the molecule is CSC(C)(C)CC(=O)OO. The highest BCUT2D eigenvalue weighted by atomic mass is 32.2. The van der Waals surface area contributed by atoms with Crippen molar-refractivity contribution in [2.24, 2.45) is 0 Å². The van der Waals surface area contributed by atoms with Crippen molar-refractivity contribution >= 4 is 17.7 Å². The molecule has 0 aromatic rings. The van der Waals surface area contributed by atoms with Crippen LogP contribution < -0.4 is 0 Å². The minimum atomic E-state index is -0.584. The Bertz CT molecular complexity index is 122. The van der Waals surface area contributed by atoms with Crippen molar-refractivity contribution in [2.75, 3.05) is 6.26 Å². The first-order valence-electron chi connectivity index (χ1n) is 2.91. The van der Waals surface area contributed by atoms with Gasteiger partial charge in [0.1, 0.15) is 0 Å². The van der Waals surface area contributed by atoms with Gasteiger partial charge in [0.25, 0.3) is 0 Å². The molecule has 0 heterocycles. The van der Waals surface area contributed by atoms with Crippen LogP contribution in [0.3, 0.4) is 0 Å². The summed E-state index contributed by atoms with van der Waals surface area (Å²) in [4.78, 5) is 14.0. The van der Waals surface area contributed by atoms with Gasteiger partial charge in [-0.15, -0.1) is 0 Å². The van der Waals surface area contributed by atoms with Gasteiger partial charge in [-0.25, -0.2) is 4.79 Å². The zero-order valence-corrected chi connectivity index (χ0v) is 7.20. The third-order valence-electron chi connectivity index (χ3n) is 1.22. The number of carbonyl (C=O) groups is 1. The van der Waals surface area contributed by atoms with E-state index in [-0.39, 0.29) is 11.2 Å². The average molecular weight is 164 g/mol. The second-order valence-corrected chi connectivity index (χ2v) is 4.12. The summed E-state index contributed by atoms with van der Waals surface area (Å²) in [6.45, 7) is 3.82. The molecular weight excluding hydrogens is 152 g/mol. The Labute approximate surface area is 64.7 Å². The molecule has 0 aromatic heterocycles. The lowest BCUT2D eigenvalue weighted by atomic mass is 10.1. The van der Waals surface area contributed by atoms with Crippen molar-refractivity contribution in [2.45, 2.75) is 25.0 Å². The molecule has 0 saturated carbocycles. The molecule has 4 heteroatoms. The van der Waals surface area contributed by atoms with Gasteiger partial charge in [-0.05, 0) is 6.26 Å². The van der Waals surface area contributed by atoms with E-state index < -0.39 is 5.97 Å². The highest BCUT2D eigenvalue weighted by Gasteiger charge is 2.21. The molecule has 0 spiro atoms. The van der Waals surface area contributed by atoms with E-state index in [2.05, 4.69) is 4.89 Å². The maximum absolute atomic E-state index is 10.5. The van der Waals surface area contributed by atoms with Crippen LogP contribution in [0, 0.1) is 0 Å². The van der Waals surface area contributed by atoms with Gasteiger partial charge < -0.3 is 4.89 Å². The molecule has 0 unspecified atom stereocenters. The monoisotopic (exact) mass is 164 g/mol. The Hall–Kier alpha value is -0.220. The summed E-state index contributed by atoms with van der Waals surface area (Å²) in [5.74, 6) is -0.584. The van der Waals surface area contributed by atoms with E-state index in [9.17, 15) is 4.79 Å². The molecule has 0 saturated heterocycles. The van der Waals surface area contributed by atoms with Crippen LogP contribution in [0.2, 0.25) is 0 Å². The van der Waals surface area contributed by atoms with Crippen molar-refractivity contribution in [1.82, 2.24) is 0 Å². The Morgan fingerprint density at radius 3 is 2.50 bits per heavy atom. The van der Waals surface area contributed by atoms with Crippen LogP contribution in [0.15, 0.2) is 0 Å². The van der Waals surface area contributed by atoms with E-state index >= 15 is 0 Å². The van der Waals surface area contributed by atoms with Crippen LogP contribution in [0.25, 0.3) is 0 Å². The van der Waals surface area contributed by atoms with Crippen LogP contribution in [0.1, 0.15) is 20.3 Å². The summed E-state index contributed by atoms with van der Waals surface area (Å²) in [5.41, 5.74) is 0. The van der Waals surface area contributed by atoms with E-state index in [0.717, 1.165) is 0 Å². The van der Waals surface area contributed by atoms with Crippen LogP contribution >= 0.6 is 11.8 Å². The molecule has 0 aliphatic heterocycles. The second-order valence-electron chi connectivity index (χ2n) is 2.60. The largest absolute Gasteiger partial charge is 0.343 e. The number of thioether (sulfide) groups is 1. The third kappa shape index (κ3) is 3.74. The quantitative estimate of drug-likeness (QED) is 0.507. The first-order valence-corrected chi connectivity index (χ1v) is 4.14. The number of hydrogen-bond acceptors (Lipinski definition) is 4. The molecule has 10 heavy (non-hydrogen) atoms. The van der Waals surface area contributed by atoms with Gasteiger partial charge in [0, 0.05) is 4.75 Å². The first-order chi connectivity index (χ1) is 4.52. The van der Waals surface area contributed by atoms with Crippen molar-refractivity contribution < 1.29 is 14.9 Å². The zero-order valence-electron chi connectivity index (χ0n) is 6.38. The summed E-state index contributed by atoms with van der Waals surface area (Å²) in [7, 11) is 0. The van der Waals surface area contributed by atoms with Gasteiger partial charge in [-0.3, -0.25) is 0 Å². The average Bonchev–Trinajstić information content (AvgIpc) is 1.87. The molecule has 0 aliphatic rings. The highest BCUT2D eigenvalue weighted by Crippen LogP contribution is 2.25. The molecule has 0 bridgehead atoms. The fraction of sp³-hybridized carbons (Fsp3) is 0.833. The summed E-state index contributed by atoms with van der Waals surface area (Å²) in [6, 6.07) is 0. The molecule has 60 valence electrons. The van der Waals surface area contributed by atoms with Crippen LogP contribution in [-0.2, 0) is 9.68 Å². The summed E-state index contributed by atoms with van der Waals surface area (Å²) in [5, 5.41) is 7.93. The smallest absolute Gasteiger partial charge is 0.301 e. The predicted molar refractivity (Wildman–Crippen MR) is 40.9 cm³/mol. The minimum Gasteiger partial charge on any atom is -0.301 e. The molecular formula is C6H12O3S. The van der Waals surface area contributed by atoms with E-state index in [0.29, 0.717) is 0 Å². The number of carbonyl (C=O) groups excluding carboxylic acids is 1. The molecule has 3 nitrogen and oxygen atoms in total. The topological polar surface area (TPSA) is 46.5 Å². The van der Waals surface area contributed by atoms with E-state index in [4.69, 9.17) is 5.26 Å². The van der Waals surface area contributed by atoms with Crippen molar-refractivity contribution in [1.29, 1.82) is 0 Å². The van der Waals surface area contributed by atoms with Gasteiger partial charge >= 0.3 is 5.97 Å². The Balaban J connectivity index is 3.76. The summed E-state index contributed by atoms with van der Waals surface area (Å²) >= 11 is 1.56. The Kier molecular flexibility index (Phi) is 3.75. The second kappa shape index (κ2) is 3.83. The first kappa shape index (κ1) is 9.78. The lowest BCUT2D eigenvalue weighted by Crippen LogP contribution is -2.20. The van der Waals surface area contributed by atoms with Gasteiger partial charge in [-0.2, -0.15) is 17.0 Å². The van der Waals surface area contributed by atoms with Crippen LogP contribution in [-0.4, -0.2) is 22.2 Å². The predicted octanol–water partition coefficient (Wildman–Crippen LogP) is 1.53. The summed E-state index contributed by atoms with van der Waals surface area (Å²) < 4.78 is -0.153. The molecule has 0 amide bonds. The molecule has 0 aliphatic carbocycles. The van der Waals surface area contributed by atoms with E-state index in [1.54, 1.807) is 11.8 Å². The van der Waals surface area contributed by atoms with Gasteiger partial charge in [0.15, 0.2) is 0 Å². The summed E-state index contributed by atoms with van der Waals surface area (Å²) in [6.07, 6.45) is 2.13. The van der Waals surface area contributed by atoms with Crippen molar-refractivity contribution in [3.63, 3.8) is 0 Å². The van der Waals surface area contributed by atoms with Gasteiger partial charge in [0.2, 0.25) is 0 Å². The molecule has 0 aromatic carbocycles. The van der Waals surface area contributed by atoms with Crippen molar-refractivity contribution in [3.8, 4) is 0 Å². The minimum absolute atomic E-state index is 0.153. The van der Waals surface area contributed by atoms with Crippen molar-refractivity contribution in [3.05, 3.63) is 0 Å². The molecule has 0 atom stereocenters. The van der Waals surface area contributed by atoms with Gasteiger partial charge in [0.05, 0.1) is 6.42 Å². The maximum Gasteiger partial charge on any atom is 0.343 e. The van der Waals surface area contributed by atoms with Gasteiger partial charge in [-0.1, -0.05) is 13.8 Å². The number of hydrogen-bond donors (Lipinski definition) is 1. The number of rotatable bonds is 3. The zero-order chi connectivity index (χ0) is 8.20. The molecule has 0 rings (SSSR count). The lowest BCUT2D eigenvalue weighted by Gasteiger charge is -2.18. The lowest BCUT2D eigenvalue weighted by molar-refractivity contribution is -0.234. The Morgan fingerprint density at radius 1 is 1.70 bits per heavy atom. The molecule has 1 N–H and O–H groups in total. The Morgan fingerprint density at radius 2 is 2.20 bits per heavy atom. The van der Waals surface area contributed by atoms with Crippen LogP contribution in [0.4, 0.5) is 0 Å². The molecule has 0 fully saturated rings. The van der Waals surface area contributed by atoms with E-state index in [1.807, 2.05) is 20.1 Å². The standard InChI is InChI=1S/C6H12O3S/c1-6(2,10-3)4-5(7)9-8/h8H,4H2,1-3H3. The van der Waals surface area contributed by atoms with E-state index in [1.165, 1.54) is 0 Å². The highest BCUT2D eigenvalue weighted by molar-refractivity contribution is 7.99. The third-order valence-corrected chi connectivity index (χ3v) is 2.47. The normalized spacial score (nSPS) is 11.2. The fourth-order valence-electron chi connectivity index (χ4n) is 0.452.